The van der Waals surface area contributed by atoms with Crippen molar-refractivity contribution in [2.24, 2.45) is 0 Å². The van der Waals surface area contributed by atoms with Crippen LogP contribution in [-0.2, 0) is 9.53 Å². The molecule has 9 heteroatoms. The van der Waals surface area contributed by atoms with Gasteiger partial charge >= 0.3 is 12.0 Å². The first kappa shape index (κ1) is 20.8. The fraction of sp³-hybridized carbons (Fsp3) is 0.318. The molecule has 8 nitrogen and oxygen atoms in total. The number of halogens is 1. The van der Waals surface area contributed by atoms with E-state index in [1.807, 2.05) is 0 Å². The number of urea groups is 1. The molecule has 2 saturated heterocycles. The third kappa shape index (κ3) is 4.22. The Kier molecular flexibility index (Phi) is 5.85. The molecule has 0 aliphatic carbocycles. The summed E-state index contributed by atoms with van der Waals surface area (Å²) in [6.45, 7) is 2.37. The molecule has 0 radical (unpaired) electrons. The summed E-state index contributed by atoms with van der Waals surface area (Å²) in [5.41, 5.74) is 0.614. The minimum atomic E-state index is -0.589. The number of methoxy groups -OCH3 is 1. The largest absolute Gasteiger partial charge is 0.492 e. The number of anilines is 1. The lowest BCUT2D eigenvalue weighted by Crippen LogP contribution is -2.53. The highest BCUT2D eigenvalue weighted by Gasteiger charge is 2.48. The Morgan fingerprint density at radius 1 is 1.13 bits per heavy atom. The van der Waals surface area contributed by atoms with Crippen molar-refractivity contribution in [2.45, 2.75) is 6.04 Å². The molecular weight excluding hydrogens is 405 g/mol. The van der Waals surface area contributed by atoms with Crippen LogP contribution < -0.4 is 9.64 Å². The Morgan fingerprint density at radius 3 is 2.65 bits per heavy atom. The zero-order chi connectivity index (χ0) is 22.0. The molecule has 2 aliphatic rings. The zero-order valence-electron chi connectivity index (χ0n) is 17.0. The van der Waals surface area contributed by atoms with Crippen LogP contribution in [0.4, 0.5) is 14.9 Å². The van der Waals surface area contributed by atoms with Gasteiger partial charge in [-0.2, -0.15) is 0 Å². The average Bonchev–Trinajstić information content (AvgIpc) is 3.04. The second-order valence-corrected chi connectivity index (χ2v) is 7.31. The van der Waals surface area contributed by atoms with Crippen molar-refractivity contribution < 1.29 is 28.2 Å². The van der Waals surface area contributed by atoms with Crippen LogP contribution >= 0.6 is 0 Å². The highest BCUT2D eigenvalue weighted by molar-refractivity contribution is 6.21. The van der Waals surface area contributed by atoms with Crippen LogP contribution in [0, 0.1) is 5.82 Å². The maximum absolute atomic E-state index is 13.0. The quantitative estimate of drug-likeness (QED) is 0.519. The van der Waals surface area contributed by atoms with Crippen molar-refractivity contribution in [1.82, 2.24) is 9.80 Å². The molecule has 31 heavy (non-hydrogen) atoms. The summed E-state index contributed by atoms with van der Waals surface area (Å²) in [5.74, 6) is -0.611. The van der Waals surface area contributed by atoms with E-state index in [9.17, 15) is 18.8 Å². The molecule has 1 unspecified atom stereocenters. The van der Waals surface area contributed by atoms with E-state index in [0.29, 0.717) is 44.2 Å². The van der Waals surface area contributed by atoms with Crippen molar-refractivity contribution >= 4 is 23.6 Å². The summed E-state index contributed by atoms with van der Waals surface area (Å²) >= 11 is 0. The zero-order valence-corrected chi connectivity index (χ0v) is 17.0. The van der Waals surface area contributed by atoms with E-state index in [0.717, 1.165) is 4.90 Å². The molecule has 0 aromatic heterocycles. The first-order chi connectivity index (χ1) is 15.0. The summed E-state index contributed by atoms with van der Waals surface area (Å²) in [7, 11) is 1.27. The minimum Gasteiger partial charge on any atom is -0.492 e. The molecule has 2 heterocycles. The van der Waals surface area contributed by atoms with Crippen LogP contribution in [0.1, 0.15) is 10.4 Å². The van der Waals surface area contributed by atoms with Gasteiger partial charge < -0.3 is 14.4 Å². The number of hydrogen-bond acceptors (Lipinski definition) is 6. The molecule has 4 rings (SSSR count). The molecule has 2 aromatic carbocycles. The van der Waals surface area contributed by atoms with Gasteiger partial charge in [0.25, 0.3) is 5.91 Å². The standard InChI is InChI=1S/C22H22FN3O5/c1-30-21(28)15-3-2-4-17(13-15)26-20(27)19-14-24(9-10-25(19)22(26)29)11-12-31-18-7-5-16(23)6-8-18/h2-8,13,19H,9-12,14H2,1H3. The molecular formula is C22H22FN3O5. The number of fused-ring (bicyclic) bond motifs is 1. The maximum Gasteiger partial charge on any atom is 0.337 e. The van der Waals surface area contributed by atoms with Crippen LogP contribution in [0.15, 0.2) is 48.5 Å². The second kappa shape index (κ2) is 8.73. The highest BCUT2D eigenvalue weighted by atomic mass is 19.1. The molecule has 0 spiro atoms. The van der Waals surface area contributed by atoms with Crippen LogP contribution in [0.25, 0.3) is 0 Å². The van der Waals surface area contributed by atoms with Crippen LogP contribution in [0.2, 0.25) is 0 Å². The number of ether oxygens (including phenoxy) is 2. The Labute approximate surface area is 178 Å². The van der Waals surface area contributed by atoms with Gasteiger partial charge in [0.1, 0.15) is 24.2 Å². The smallest absolute Gasteiger partial charge is 0.337 e. The number of nitrogens with zero attached hydrogens (tertiary/aromatic N) is 3. The van der Waals surface area contributed by atoms with Gasteiger partial charge in [-0.1, -0.05) is 6.07 Å². The number of amides is 3. The fourth-order valence-electron chi connectivity index (χ4n) is 3.81. The van der Waals surface area contributed by atoms with E-state index < -0.39 is 12.0 Å². The van der Waals surface area contributed by atoms with Gasteiger partial charge in [-0.05, 0) is 42.5 Å². The van der Waals surface area contributed by atoms with Gasteiger partial charge in [0.15, 0.2) is 0 Å². The molecule has 3 amide bonds. The summed E-state index contributed by atoms with van der Waals surface area (Å²) in [5, 5.41) is 0. The molecule has 0 bridgehead atoms. The van der Waals surface area contributed by atoms with Gasteiger partial charge in [0, 0.05) is 26.2 Å². The predicted octanol–water partition coefficient (Wildman–Crippen LogP) is 2.14. The van der Waals surface area contributed by atoms with E-state index in [2.05, 4.69) is 4.90 Å². The lowest BCUT2D eigenvalue weighted by molar-refractivity contribution is -0.121. The monoisotopic (exact) mass is 427 g/mol. The summed E-state index contributed by atoms with van der Waals surface area (Å²) in [6.07, 6.45) is 0. The van der Waals surface area contributed by atoms with E-state index in [1.54, 1.807) is 35.2 Å². The Bertz CT molecular complexity index is 997. The Balaban J connectivity index is 1.40. The van der Waals surface area contributed by atoms with Crippen molar-refractivity contribution in [3.8, 4) is 5.75 Å². The number of benzene rings is 2. The molecule has 2 aromatic rings. The van der Waals surface area contributed by atoms with E-state index in [-0.39, 0.29) is 23.3 Å². The lowest BCUT2D eigenvalue weighted by Gasteiger charge is -2.35. The van der Waals surface area contributed by atoms with Gasteiger partial charge in [-0.15, -0.1) is 0 Å². The number of piperazine rings is 1. The molecule has 2 aliphatic heterocycles. The SMILES string of the molecule is COC(=O)c1cccc(N2C(=O)C3CN(CCOc4ccc(F)cc4)CCN3C2=O)c1. The molecule has 0 saturated carbocycles. The minimum absolute atomic E-state index is 0.269. The van der Waals surface area contributed by atoms with Crippen LogP contribution in [0.3, 0.4) is 0 Å². The van der Waals surface area contributed by atoms with E-state index in [1.165, 1.54) is 25.3 Å². The van der Waals surface area contributed by atoms with Crippen LogP contribution in [0.5, 0.6) is 5.75 Å². The third-order valence-corrected chi connectivity index (χ3v) is 5.42. The van der Waals surface area contributed by atoms with Crippen molar-refractivity contribution in [3.63, 3.8) is 0 Å². The predicted molar refractivity (Wildman–Crippen MR) is 109 cm³/mol. The maximum atomic E-state index is 13.0. The topological polar surface area (TPSA) is 79.4 Å². The molecule has 2 fully saturated rings. The summed E-state index contributed by atoms with van der Waals surface area (Å²) < 4.78 is 23.3. The first-order valence-electron chi connectivity index (χ1n) is 9.91. The van der Waals surface area contributed by atoms with Gasteiger partial charge in [0.05, 0.1) is 18.4 Å². The highest BCUT2D eigenvalue weighted by Crippen LogP contribution is 2.28. The van der Waals surface area contributed by atoms with Gasteiger partial charge in [-0.25, -0.2) is 18.9 Å². The van der Waals surface area contributed by atoms with Crippen molar-refractivity contribution in [2.75, 3.05) is 44.8 Å². The number of carbonyl (C=O) groups is 3. The van der Waals surface area contributed by atoms with Crippen molar-refractivity contribution in [1.29, 1.82) is 0 Å². The lowest BCUT2D eigenvalue weighted by atomic mass is 10.1. The Hall–Kier alpha value is -3.46. The van der Waals surface area contributed by atoms with Gasteiger partial charge in [-0.3, -0.25) is 9.69 Å². The normalized spacial score (nSPS) is 18.8. The van der Waals surface area contributed by atoms with Gasteiger partial charge in [0.2, 0.25) is 0 Å². The average molecular weight is 427 g/mol. The van der Waals surface area contributed by atoms with E-state index >= 15 is 0 Å². The summed E-state index contributed by atoms with van der Waals surface area (Å²) in [6, 6.07) is 11.1. The molecule has 162 valence electrons. The second-order valence-electron chi connectivity index (χ2n) is 7.31. The van der Waals surface area contributed by atoms with Crippen molar-refractivity contribution in [3.05, 3.63) is 59.9 Å². The fourth-order valence-corrected chi connectivity index (χ4v) is 3.81. The summed E-state index contributed by atoms with van der Waals surface area (Å²) in [4.78, 5) is 42.4. The number of rotatable bonds is 6. The number of imide groups is 1. The van der Waals surface area contributed by atoms with E-state index in [4.69, 9.17) is 9.47 Å². The number of carbonyl (C=O) groups excluding carboxylic acids is 3. The molecule has 1 atom stereocenters. The molecule has 0 N–H and O–H groups in total. The first-order valence-corrected chi connectivity index (χ1v) is 9.91. The number of esters is 1. The Morgan fingerprint density at radius 2 is 1.90 bits per heavy atom. The third-order valence-electron chi connectivity index (χ3n) is 5.42. The number of hydrogen-bond donors (Lipinski definition) is 0. The van der Waals surface area contributed by atoms with Crippen LogP contribution in [-0.4, -0.2) is 73.6 Å².